The Bertz CT molecular complexity index is 1620. The van der Waals surface area contributed by atoms with Crippen LogP contribution >= 0.6 is 0 Å². The van der Waals surface area contributed by atoms with E-state index in [1.807, 2.05) is 36.4 Å². The van der Waals surface area contributed by atoms with Crippen LogP contribution in [0.1, 0.15) is 35.5 Å². The summed E-state index contributed by atoms with van der Waals surface area (Å²) in [6, 6.07) is 15.9. The van der Waals surface area contributed by atoms with Crippen molar-refractivity contribution < 1.29 is 4.39 Å². The van der Waals surface area contributed by atoms with Crippen LogP contribution < -0.4 is 11.2 Å². The van der Waals surface area contributed by atoms with Crippen LogP contribution in [-0.2, 0) is 13.6 Å². The van der Waals surface area contributed by atoms with Crippen molar-refractivity contribution in [3.8, 4) is 0 Å². The summed E-state index contributed by atoms with van der Waals surface area (Å²) in [5.41, 5.74) is 3.48. The highest BCUT2D eigenvalue weighted by molar-refractivity contribution is 5.76. The van der Waals surface area contributed by atoms with Crippen molar-refractivity contribution in [1.29, 1.82) is 0 Å². The van der Waals surface area contributed by atoms with Crippen LogP contribution in [0.5, 0.6) is 0 Å². The van der Waals surface area contributed by atoms with Crippen molar-refractivity contribution in [3.63, 3.8) is 0 Å². The molecule has 0 unspecified atom stereocenters. The smallest absolute Gasteiger partial charge is 0.307 e. The van der Waals surface area contributed by atoms with Crippen LogP contribution in [0, 0.1) is 19.7 Å². The van der Waals surface area contributed by atoms with Crippen LogP contribution in [0.3, 0.4) is 0 Å². The second kappa shape index (κ2) is 7.58. The zero-order valence-corrected chi connectivity index (χ0v) is 18.9. The SMILES string of the molecule is Cc1c(C)n2c3c(=O)n(Cc4ccc(F)cc4)c(=O)n(C)c3nc2n1[C@H](C)c1ccccc1. The third-order valence-corrected chi connectivity index (χ3v) is 6.48. The number of fused-ring (bicyclic) bond motifs is 3. The summed E-state index contributed by atoms with van der Waals surface area (Å²) in [4.78, 5) is 31.4. The molecule has 5 rings (SSSR count). The Kier molecular flexibility index (Phi) is 4.81. The molecular formula is C25H24FN5O2. The van der Waals surface area contributed by atoms with Gasteiger partial charge in [0.15, 0.2) is 11.2 Å². The molecule has 3 aromatic heterocycles. The van der Waals surface area contributed by atoms with Gasteiger partial charge in [-0.25, -0.2) is 9.18 Å². The maximum absolute atomic E-state index is 13.6. The first-order chi connectivity index (χ1) is 15.8. The molecule has 0 radical (unpaired) electrons. The lowest BCUT2D eigenvalue weighted by Gasteiger charge is -2.16. The van der Waals surface area contributed by atoms with Crippen LogP contribution in [0.4, 0.5) is 4.39 Å². The molecule has 2 aromatic carbocycles. The van der Waals surface area contributed by atoms with Gasteiger partial charge in [-0.2, -0.15) is 4.98 Å². The number of halogens is 1. The molecule has 0 amide bonds. The van der Waals surface area contributed by atoms with Gasteiger partial charge in [-0.15, -0.1) is 0 Å². The maximum atomic E-state index is 13.6. The standard InChI is InChI=1S/C25H24FN5O2/c1-15-16(2)31-21-22(27-24(31)30(15)17(3)19-8-6-5-7-9-19)28(4)25(33)29(23(21)32)14-18-10-12-20(26)13-11-18/h5-13,17H,14H2,1-4H3/t17-/m1/s1. The molecule has 0 spiro atoms. The molecule has 0 N–H and O–H groups in total. The highest BCUT2D eigenvalue weighted by Crippen LogP contribution is 2.27. The van der Waals surface area contributed by atoms with E-state index < -0.39 is 11.2 Å². The molecule has 7 nitrogen and oxygen atoms in total. The Balaban J connectivity index is 1.78. The van der Waals surface area contributed by atoms with Crippen LogP contribution in [0.25, 0.3) is 16.9 Å². The van der Waals surface area contributed by atoms with Gasteiger partial charge in [0.05, 0.1) is 12.6 Å². The molecule has 0 fully saturated rings. The second-order valence-electron chi connectivity index (χ2n) is 8.41. The average molecular weight is 445 g/mol. The topological polar surface area (TPSA) is 66.2 Å². The van der Waals surface area contributed by atoms with Crippen molar-refractivity contribution in [3.05, 3.63) is 104 Å². The van der Waals surface area contributed by atoms with E-state index in [0.29, 0.717) is 22.5 Å². The number of rotatable bonds is 4. The summed E-state index contributed by atoms with van der Waals surface area (Å²) in [7, 11) is 1.62. The van der Waals surface area contributed by atoms with E-state index in [2.05, 4.69) is 23.6 Å². The summed E-state index contributed by atoms with van der Waals surface area (Å²) in [6.07, 6.45) is 0. The fraction of sp³-hybridized carbons (Fsp3) is 0.240. The fourth-order valence-corrected chi connectivity index (χ4v) is 4.53. The number of hydrogen-bond donors (Lipinski definition) is 0. The zero-order chi connectivity index (χ0) is 23.4. The Morgan fingerprint density at radius 3 is 2.30 bits per heavy atom. The molecular weight excluding hydrogens is 421 g/mol. The minimum atomic E-state index is -0.463. The van der Waals surface area contributed by atoms with E-state index in [1.165, 1.54) is 21.3 Å². The van der Waals surface area contributed by atoms with Crippen LogP contribution in [0.15, 0.2) is 64.2 Å². The van der Waals surface area contributed by atoms with Crippen LogP contribution in [-0.4, -0.2) is 23.1 Å². The Morgan fingerprint density at radius 2 is 1.64 bits per heavy atom. The van der Waals surface area contributed by atoms with Gasteiger partial charge in [-0.05, 0) is 44.0 Å². The summed E-state index contributed by atoms with van der Waals surface area (Å²) in [5.74, 6) is 0.245. The number of nitrogens with zero attached hydrogens (tertiary/aromatic N) is 5. The first-order valence-corrected chi connectivity index (χ1v) is 10.8. The van der Waals surface area contributed by atoms with E-state index in [0.717, 1.165) is 17.0 Å². The molecule has 33 heavy (non-hydrogen) atoms. The lowest BCUT2D eigenvalue weighted by molar-refractivity contribution is 0.623. The van der Waals surface area contributed by atoms with Gasteiger partial charge in [0, 0.05) is 18.4 Å². The fourth-order valence-electron chi connectivity index (χ4n) is 4.53. The molecule has 8 heteroatoms. The van der Waals surface area contributed by atoms with Gasteiger partial charge in [-0.3, -0.25) is 18.3 Å². The summed E-state index contributed by atoms with van der Waals surface area (Å²) in [5, 5.41) is 0. The maximum Gasteiger partial charge on any atom is 0.332 e. The summed E-state index contributed by atoms with van der Waals surface area (Å²) < 4.78 is 19.8. The van der Waals surface area contributed by atoms with Crippen molar-refractivity contribution in [2.75, 3.05) is 0 Å². The first kappa shape index (κ1) is 20.9. The van der Waals surface area contributed by atoms with E-state index in [4.69, 9.17) is 4.98 Å². The predicted octanol–water partition coefficient (Wildman–Crippen LogP) is 3.56. The molecule has 0 saturated heterocycles. The third-order valence-electron chi connectivity index (χ3n) is 6.48. The summed E-state index contributed by atoms with van der Waals surface area (Å²) in [6.45, 7) is 6.10. The lowest BCUT2D eigenvalue weighted by Crippen LogP contribution is -2.39. The highest BCUT2D eigenvalue weighted by atomic mass is 19.1. The van der Waals surface area contributed by atoms with Gasteiger partial charge in [0.2, 0.25) is 5.78 Å². The largest absolute Gasteiger partial charge is 0.332 e. The predicted molar refractivity (Wildman–Crippen MR) is 125 cm³/mol. The monoisotopic (exact) mass is 445 g/mol. The van der Waals surface area contributed by atoms with Gasteiger partial charge in [0.25, 0.3) is 5.56 Å². The van der Waals surface area contributed by atoms with Crippen LogP contribution in [0.2, 0.25) is 0 Å². The number of aromatic nitrogens is 5. The van der Waals surface area contributed by atoms with E-state index >= 15 is 0 Å². The minimum Gasteiger partial charge on any atom is -0.307 e. The number of imidazole rings is 2. The van der Waals surface area contributed by atoms with Crippen molar-refractivity contribution >= 4 is 16.9 Å². The van der Waals surface area contributed by atoms with Gasteiger partial charge < -0.3 is 4.57 Å². The van der Waals surface area contributed by atoms with Crippen molar-refractivity contribution in [2.24, 2.45) is 7.05 Å². The second-order valence-corrected chi connectivity index (χ2v) is 8.41. The molecule has 0 aliphatic rings. The van der Waals surface area contributed by atoms with Gasteiger partial charge in [-0.1, -0.05) is 42.5 Å². The van der Waals surface area contributed by atoms with Crippen molar-refractivity contribution in [2.45, 2.75) is 33.4 Å². The first-order valence-electron chi connectivity index (χ1n) is 10.8. The molecule has 5 aromatic rings. The van der Waals surface area contributed by atoms with Gasteiger partial charge >= 0.3 is 5.69 Å². The van der Waals surface area contributed by atoms with E-state index in [1.54, 1.807) is 19.2 Å². The number of benzene rings is 2. The molecule has 0 aliphatic heterocycles. The lowest BCUT2D eigenvalue weighted by atomic mass is 10.1. The molecule has 0 saturated carbocycles. The van der Waals surface area contributed by atoms with Gasteiger partial charge in [0.1, 0.15) is 5.82 Å². The van der Waals surface area contributed by atoms with E-state index in [9.17, 15) is 14.0 Å². The molecule has 1 atom stereocenters. The molecule has 0 aliphatic carbocycles. The number of aryl methyl sites for hydroxylation is 2. The zero-order valence-electron chi connectivity index (χ0n) is 18.9. The Hall–Kier alpha value is -3.94. The highest BCUT2D eigenvalue weighted by Gasteiger charge is 2.25. The Morgan fingerprint density at radius 1 is 0.970 bits per heavy atom. The van der Waals surface area contributed by atoms with E-state index in [-0.39, 0.29) is 18.4 Å². The molecule has 3 heterocycles. The normalized spacial score (nSPS) is 12.6. The Labute approximate surface area is 189 Å². The molecule has 168 valence electrons. The summed E-state index contributed by atoms with van der Waals surface area (Å²) >= 11 is 0. The minimum absolute atomic E-state index is 0.0160. The molecule has 0 bridgehead atoms. The average Bonchev–Trinajstić information content (AvgIpc) is 3.32. The third kappa shape index (κ3) is 3.13. The quantitative estimate of drug-likeness (QED) is 0.425. The number of hydrogen-bond acceptors (Lipinski definition) is 3. The van der Waals surface area contributed by atoms with Crippen molar-refractivity contribution in [1.82, 2.24) is 23.1 Å².